The van der Waals surface area contributed by atoms with Crippen LogP contribution in [0, 0.1) is 13.8 Å². The van der Waals surface area contributed by atoms with Gasteiger partial charge in [0.25, 0.3) is 0 Å². The summed E-state index contributed by atoms with van der Waals surface area (Å²) < 4.78 is 27.5. The minimum atomic E-state index is -3.60. The molecule has 158 valence electrons. The topological polar surface area (TPSA) is 86.4 Å². The lowest BCUT2D eigenvalue weighted by atomic mass is 10.1. The van der Waals surface area contributed by atoms with Crippen molar-refractivity contribution in [3.05, 3.63) is 47.3 Å². The first-order valence-corrected chi connectivity index (χ1v) is 11.7. The van der Waals surface area contributed by atoms with Crippen LogP contribution in [0.25, 0.3) is 0 Å². The zero-order chi connectivity index (χ0) is 20.9. The van der Waals surface area contributed by atoms with E-state index in [1.807, 2.05) is 23.1 Å². The molecule has 2 aromatic rings. The van der Waals surface area contributed by atoms with Crippen LogP contribution in [0.4, 0.5) is 0 Å². The van der Waals surface area contributed by atoms with Crippen molar-refractivity contribution in [2.24, 2.45) is 0 Å². The van der Waals surface area contributed by atoms with Crippen molar-refractivity contribution in [3.63, 3.8) is 0 Å². The van der Waals surface area contributed by atoms with E-state index < -0.39 is 10.0 Å². The lowest BCUT2D eigenvalue weighted by Gasteiger charge is -2.22. The predicted octanol–water partition coefficient (Wildman–Crippen LogP) is 2.66. The van der Waals surface area contributed by atoms with Gasteiger partial charge in [0.1, 0.15) is 4.90 Å². The summed E-state index contributed by atoms with van der Waals surface area (Å²) in [7, 11) is -3.60. The Kier molecular flexibility index (Phi) is 7.08. The van der Waals surface area contributed by atoms with E-state index in [2.05, 4.69) is 22.3 Å². The summed E-state index contributed by atoms with van der Waals surface area (Å²) in [5.74, 6) is 0.119. The van der Waals surface area contributed by atoms with Crippen LogP contribution in [0.3, 0.4) is 0 Å². The number of unbranched alkanes of at least 4 members (excludes halogenated alkanes) is 1. The van der Waals surface area contributed by atoms with E-state index in [4.69, 9.17) is 0 Å². The highest BCUT2D eigenvalue weighted by atomic mass is 32.2. The molecule has 1 aliphatic heterocycles. The molecule has 1 amide bonds. The molecule has 0 saturated carbocycles. The monoisotopic (exact) mass is 418 g/mol. The second-order valence-electron chi connectivity index (χ2n) is 7.59. The molecule has 0 bridgehead atoms. The van der Waals surface area contributed by atoms with Crippen LogP contribution in [0.1, 0.15) is 42.6 Å². The number of nitrogens with one attached hydrogen (secondary N) is 1. The average molecular weight is 419 g/mol. The van der Waals surface area contributed by atoms with Gasteiger partial charge in [-0.1, -0.05) is 30.3 Å². The van der Waals surface area contributed by atoms with Gasteiger partial charge in [-0.2, -0.15) is 9.40 Å². The van der Waals surface area contributed by atoms with Gasteiger partial charge in [-0.3, -0.25) is 9.89 Å². The van der Waals surface area contributed by atoms with E-state index in [0.717, 1.165) is 19.3 Å². The number of carbonyl (C=O) groups is 1. The van der Waals surface area contributed by atoms with Crippen molar-refractivity contribution in [3.8, 4) is 0 Å². The fourth-order valence-electron chi connectivity index (χ4n) is 3.84. The van der Waals surface area contributed by atoms with E-state index in [1.54, 1.807) is 13.8 Å². The zero-order valence-electron chi connectivity index (χ0n) is 17.2. The SMILES string of the molecule is Cc1n[nH]c(C)c1S(=O)(=O)N1CCCN(C(=O)CCCCc2ccccc2)CC1. The molecule has 29 heavy (non-hydrogen) atoms. The van der Waals surface area contributed by atoms with Crippen LogP contribution in [0.5, 0.6) is 0 Å². The summed E-state index contributed by atoms with van der Waals surface area (Å²) in [6.45, 7) is 5.20. The fraction of sp³-hybridized carbons (Fsp3) is 0.524. The summed E-state index contributed by atoms with van der Waals surface area (Å²) in [5, 5.41) is 6.76. The Morgan fingerprint density at radius 3 is 2.52 bits per heavy atom. The van der Waals surface area contributed by atoms with Crippen LogP contribution >= 0.6 is 0 Å². The first-order valence-electron chi connectivity index (χ1n) is 10.2. The van der Waals surface area contributed by atoms with Gasteiger partial charge in [-0.15, -0.1) is 0 Å². The molecule has 1 fully saturated rings. The maximum Gasteiger partial charge on any atom is 0.246 e. The van der Waals surface area contributed by atoms with Crippen molar-refractivity contribution in [2.45, 2.75) is 50.8 Å². The molecule has 0 spiro atoms. The summed E-state index contributed by atoms with van der Waals surface area (Å²) >= 11 is 0. The number of H-pyrrole nitrogens is 1. The van der Waals surface area contributed by atoms with Gasteiger partial charge >= 0.3 is 0 Å². The third-order valence-corrected chi connectivity index (χ3v) is 7.58. The number of rotatable bonds is 7. The number of aryl methyl sites for hydroxylation is 3. The average Bonchev–Trinajstić information content (AvgIpc) is 2.91. The van der Waals surface area contributed by atoms with Crippen molar-refractivity contribution in [2.75, 3.05) is 26.2 Å². The van der Waals surface area contributed by atoms with Crippen molar-refractivity contribution in [1.82, 2.24) is 19.4 Å². The summed E-state index contributed by atoms with van der Waals surface area (Å²) in [6.07, 6.45) is 3.96. The standard InChI is InChI=1S/C21H30N4O3S/c1-17-21(18(2)23-22-17)29(27,28)25-14-8-13-24(15-16-25)20(26)12-7-6-11-19-9-4-3-5-10-19/h3-5,9-10H,6-8,11-16H2,1-2H3,(H,22,23). The Morgan fingerprint density at radius 2 is 1.83 bits per heavy atom. The molecule has 2 heterocycles. The Morgan fingerprint density at radius 1 is 1.07 bits per heavy atom. The van der Waals surface area contributed by atoms with Crippen LogP contribution in [0.2, 0.25) is 0 Å². The van der Waals surface area contributed by atoms with E-state index in [1.165, 1.54) is 9.87 Å². The number of amides is 1. The Labute approximate surface area is 173 Å². The maximum absolute atomic E-state index is 13.0. The molecule has 1 aromatic heterocycles. The van der Waals surface area contributed by atoms with Gasteiger partial charge in [0, 0.05) is 32.6 Å². The first kappa shape index (κ1) is 21.5. The number of carbonyl (C=O) groups excluding carboxylic acids is 1. The highest BCUT2D eigenvalue weighted by molar-refractivity contribution is 7.89. The van der Waals surface area contributed by atoms with E-state index >= 15 is 0 Å². The predicted molar refractivity (Wildman–Crippen MR) is 112 cm³/mol. The number of hydrogen-bond acceptors (Lipinski definition) is 4. The van der Waals surface area contributed by atoms with E-state index in [-0.39, 0.29) is 10.8 Å². The van der Waals surface area contributed by atoms with Crippen LogP contribution in [-0.4, -0.2) is 59.9 Å². The number of sulfonamides is 1. The number of aromatic nitrogens is 2. The van der Waals surface area contributed by atoms with Gasteiger partial charge in [-0.25, -0.2) is 8.42 Å². The molecule has 8 heteroatoms. The smallest absolute Gasteiger partial charge is 0.246 e. The molecular formula is C21H30N4O3S. The summed E-state index contributed by atoms with van der Waals surface area (Å²) in [4.78, 5) is 14.7. The molecule has 1 aromatic carbocycles. The van der Waals surface area contributed by atoms with Gasteiger partial charge < -0.3 is 4.90 Å². The highest BCUT2D eigenvalue weighted by Gasteiger charge is 2.31. The third-order valence-electron chi connectivity index (χ3n) is 5.41. The molecule has 7 nitrogen and oxygen atoms in total. The van der Waals surface area contributed by atoms with Crippen LogP contribution in [0.15, 0.2) is 35.2 Å². The summed E-state index contributed by atoms with van der Waals surface area (Å²) in [6, 6.07) is 10.3. The molecule has 1 aliphatic rings. The number of hydrogen-bond donors (Lipinski definition) is 1. The molecule has 0 aliphatic carbocycles. The molecule has 3 rings (SSSR count). The molecule has 1 N–H and O–H groups in total. The minimum Gasteiger partial charge on any atom is -0.341 e. The van der Waals surface area contributed by atoms with Gasteiger partial charge in [0.2, 0.25) is 15.9 Å². The summed E-state index contributed by atoms with van der Waals surface area (Å²) in [5.41, 5.74) is 2.33. The van der Waals surface area contributed by atoms with Gasteiger partial charge in [0.15, 0.2) is 0 Å². The Bertz CT molecular complexity index is 905. The number of aromatic amines is 1. The highest BCUT2D eigenvalue weighted by Crippen LogP contribution is 2.23. The Balaban J connectivity index is 1.51. The van der Waals surface area contributed by atoms with Crippen molar-refractivity contribution in [1.29, 1.82) is 0 Å². The fourth-order valence-corrected chi connectivity index (χ4v) is 5.64. The van der Waals surface area contributed by atoms with E-state index in [9.17, 15) is 13.2 Å². The number of benzene rings is 1. The van der Waals surface area contributed by atoms with E-state index in [0.29, 0.717) is 50.4 Å². The van der Waals surface area contributed by atoms with Gasteiger partial charge in [0.05, 0.1) is 11.4 Å². The molecule has 0 radical (unpaired) electrons. The second kappa shape index (κ2) is 9.54. The van der Waals surface area contributed by atoms with Gasteiger partial charge in [-0.05, 0) is 45.1 Å². The quantitative estimate of drug-likeness (QED) is 0.701. The second-order valence-corrected chi connectivity index (χ2v) is 9.47. The van der Waals surface area contributed by atoms with Crippen molar-refractivity contribution >= 4 is 15.9 Å². The number of nitrogens with zero attached hydrogens (tertiary/aromatic N) is 3. The van der Waals surface area contributed by atoms with Crippen LogP contribution in [-0.2, 0) is 21.2 Å². The molecular weight excluding hydrogens is 388 g/mol. The lowest BCUT2D eigenvalue weighted by Crippen LogP contribution is -2.37. The van der Waals surface area contributed by atoms with Crippen LogP contribution < -0.4 is 0 Å². The molecule has 0 atom stereocenters. The minimum absolute atomic E-state index is 0.119. The largest absolute Gasteiger partial charge is 0.341 e. The normalized spacial score (nSPS) is 16.0. The third kappa shape index (κ3) is 5.25. The van der Waals surface area contributed by atoms with Crippen molar-refractivity contribution < 1.29 is 13.2 Å². The first-order chi connectivity index (χ1) is 13.9. The zero-order valence-corrected chi connectivity index (χ0v) is 18.0. The molecule has 1 saturated heterocycles. The molecule has 0 unspecified atom stereocenters. The Hall–Kier alpha value is -2.19. The maximum atomic E-state index is 13.0. The lowest BCUT2D eigenvalue weighted by molar-refractivity contribution is -0.131.